The highest BCUT2D eigenvalue weighted by Gasteiger charge is 2.31. The number of nitrogen functional groups attached to an aromatic ring is 1. The summed E-state index contributed by atoms with van der Waals surface area (Å²) in [4.78, 5) is 17.9. The molecule has 0 radical (unpaired) electrons. The first-order chi connectivity index (χ1) is 8.50. The van der Waals surface area contributed by atoms with Gasteiger partial charge >= 0.3 is 0 Å². The van der Waals surface area contributed by atoms with Crippen molar-refractivity contribution in [1.29, 1.82) is 0 Å². The Balaban J connectivity index is 2.22. The topological polar surface area (TPSA) is 68.5 Å². The van der Waals surface area contributed by atoms with E-state index in [1.165, 1.54) is 12.3 Å². The van der Waals surface area contributed by atoms with Gasteiger partial charge in [-0.2, -0.15) is 0 Å². The molecule has 1 aliphatic rings. The lowest BCUT2D eigenvalue weighted by molar-refractivity contribution is 0.0575. The minimum Gasteiger partial charge on any atom is -0.384 e. The Labute approximate surface area is 111 Å². The van der Waals surface area contributed by atoms with Gasteiger partial charge in [-0.05, 0) is 19.4 Å². The number of amides is 1. The van der Waals surface area contributed by atoms with Crippen molar-refractivity contribution in [2.45, 2.75) is 25.5 Å². The fraction of sp³-hybridized carbons (Fsp3) is 0.500. The lowest BCUT2D eigenvalue weighted by Crippen LogP contribution is -2.41. The maximum atomic E-state index is 12.4. The molecule has 6 heteroatoms. The van der Waals surface area contributed by atoms with Gasteiger partial charge < -0.3 is 15.4 Å². The summed E-state index contributed by atoms with van der Waals surface area (Å²) in [5, 5.41) is 0.313. The van der Waals surface area contributed by atoms with E-state index in [1.807, 2.05) is 6.92 Å². The normalized spacial score (nSPS) is 23.1. The summed E-state index contributed by atoms with van der Waals surface area (Å²) in [5.41, 5.74) is 5.96. The molecule has 2 atom stereocenters. The van der Waals surface area contributed by atoms with Crippen LogP contribution >= 0.6 is 11.6 Å². The molecule has 0 aliphatic carbocycles. The molecule has 5 nitrogen and oxygen atoms in total. The van der Waals surface area contributed by atoms with Crippen LogP contribution in [0.15, 0.2) is 12.3 Å². The summed E-state index contributed by atoms with van der Waals surface area (Å²) < 4.78 is 5.46. The Morgan fingerprint density at radius 3 is 3.00 bits per heavy atom. The Morgan fingerprint density at radius 2 is 2.39 bits per heavy atom. The second-order valence-corrected chi connectivity index (χ2v) is 4.84. The molecule has 2 heterocycles. The van der Waals surface area contributed by atoms with E-state index in [-0.39, 0.29) is 23.9 Å². The zero-order chi connectivity index (χ0) is 13.3. The van der Waals surface area contributed by atoms with Crippen LogP contribution < -0.4 is 5.73 Å². The van der Waals surface area contributed by atoms with Gasteiger partial charge in [0.05, 0.1) is 22.7 Å². The van der Waals surface area contributed by atoms with Crippen LogP contribution in [0.5, 0.6) is 0 Å². The van der Waals surface area contributed by atoms with Gasteiger partial charge in [0.1, 0.15) is 5.82 Å². The highest BCUT2D eigenvalue weighted by Crippen LogP contribution is 2.23. The number of nitrogens with zero attached hydrogens (tertiary/aromatic N) is 2. The number of aromatic nitrogens is 1. The van der Waals surface area contributed by atoms with Gasteiger partial charge in [0.15, 0.2) is 0 Å². The number of hydrogen-bond acceptors (Lipinski definition) is 4. The number of pyridine rings is 1. The van der Waals surface area contributed by atoms with Crippen LogP contribution in [0.4, 0.5) is 5.82 Å². The lowest BCUT2D eigenvalue weighted by atomic mass is 10.1. The molecule has 1 fully saturated rings. The Hall–Kier alpha value is -1.33. The van der Waals surface area contributed by atoms with Crippen molar-refractivity contribution in [1.82, 2.24) is 9.88 Å². The highest BCUT2D eigenvalue weighted by atomic mass is 35.5. The maximum absolute atomic E-state index is 12.4. The number of hydrogen-bond donors (Lipinski definition) is 1. The van der Waals surface area contributed by atoms with Crippen molar-refractivity contribution in [3.8, 4) is 0 Å². The quantitative estimate of drug-likeness (QED) is 0.885. The Morgan fingerprint density at radius 1 is 1.67 bits per heavy atom. The smallest absolute Gasteiger partial charge is 0.255 e. The molecule has 18 heavy (non-hydrogen) atoms. The van der Waals surface area contributed by atoms with E-state index >= 15 is 0 Å². The summed E-state index contributed by atoms with van der Waals surface area (Å²) >= 11 is 5.98. The van der Waals surface area contributed by atoms with Crippen LogP contribution in [0.2, 0.25) is 5.02 Å². The van der Waals surface area contributed by atoms with E-state index in [1.54, 1.807) is 11.9 Å². The fourth-order valence-corrected chi connectivity index (χ4v) is 2.37. The maximum Gasteiger partial charge on any atom is 0.255 e. The number of carbonyl (C=O) groups is 1. The second-order valence-electron chi connectivity index (χ2n) is 4.44. The molecule has 0 spiro atoms. The predicted octanol–water partition coefficient (Wildman–Crippen LogP) is 1.57. The van der Waals surface area contributed by atoms with Gasteiger partial charge in [-0.15, -0.1) is 0 Å². The molecule has 1 amide bonds. The first-order valence-electron chi connectivity index (χ1n) is 5.80. The Bertz CT molecular complexity index is 467. The standard InChI is InChI=1S/C12H16ClN3O2/c1-7-10(3-4-18-7)16(2)12(17)8-5-11(14)15-6-9(8)13/h5-7,10H,3-4H2,1-2H3,(H2,14,15). The summed E-state index contributed by atoms with van der Waals surface area (Å²) in [5.74, 6) is 0.128. The van der Waals surface area contributed by atoms with Crippen LogP contribution in [-0.4, -0.2) is 41.6 Å². The van der Waals surface area contributed by atoms with Crippen LogP contribution in [0.1, 0.15) is 23.7 Å². The van der Waals surface area contributed by atoms with Crippen molar-refractivity contribution >= 4 is 23.3 Å². The van der Waals surface area contributed by atoms with Gasteiger partial charge in [0.25, 0.3) is 5.91 Å². The van der Waals surface area contributed by atoms with Crippen molar-refractivity contribution < 1.29 is 9.53 Å². The monoisotopic (exact) mass is 269 g/mol. The first kappa shape index (κ1) is 13.1. The molecule has 1 aromatic rings. The average Bonchev–Trinajstić information content (AvgIpc) is 2.77. The van der Waals surface area contributed by atoms with E-state index in [9.17, 15) is 4.79 Å². The van der Waals surface area contributed by atoms with Crippen molar-refractivity contribution in [3.05, 3.63) is 22.8 Å². The molecule has 1 aromatic heterocycles. The molecular formula is C12H16ClN3O2. The number of likely N-dealkylation sites (N-methyl/N-ethyl adjacent to an activating group) is 1. The summed E-state index contributed by atoms with van der Waals surface area (Å²) in [7, 11) is 1.76. The van der Waals surface area contributed by atoms with Crippen LogP contribution in [0.3, 0.4) is 0 Å². The number of carbonyl (C=O) groups excluding carboxylic acids is 1. The first-order valence-corrected chi connectivity index (χ1v) is 6.18. The highest BCUT2D eigenvalue weighted by molar-refractivity contribution is 6.33. The molecule has 2 unspecified atom stereocenters. The molecule has 0 aromatic carbocycles. The number of anilines is 1. The van der Waals surface area contributed by atoms with E-state index in [4.69, 9.17) is 22.1 Å². The molecule has 1 aliphatic heterocycles. The van der Waals surface area contributed by atoms with Gasteiger partial charge in [0.2, 0.25) is 0 Å². The summed E-state index contributed by atoms with van der Waals surface area (Å²) in [6.45, 7) is 2.64. The predicted molar refractivity (Wildman–Crippen MR) is 69.6 cm³/mol. The summed E-state index contributed by atoms with van der Waals surface area (Å²) in [6, 6.07) is 1.57. The van der Waals surface area contributed by atoms with Crippen LogP contribution in [-0.2, 0) is 4.74 Å². The third-order valence-electron chi connectivity index (χ3n) is 3.26. The minimum absolute atomic E-state index is 0.0388. The largest absolute Gasteiger partial charge is 0.384 e. The molecule has 0 saturated carbocycles. The molecule has 98 valence electrons. The van der Waals surface area contributed by atoms with Gasteiger partial charge in [0, 0.05) is 19.9 Å². The number of nitrogens with two attached hydrogens (primary N) is 1. The van der Waals surface area contributed by atoms with E-state index in [0.717, 1.165) is 6.42 Å². The van der Waals surface area contributed by atoms with E-state index < -0.39 is 0 Å². The van der Waals surface area contributed by atoms with Gasteiger partial charge in [-0.3, -0.25) is 4.79 Å². The van der Waals surface area contributed by atoms with E-state index in [2.05, 4.69) is 4.98 Å². The average molecular weight is 270 g/mol. The number of halogens is 1. The third-order valence-corrected chi connectivity index (χ3v) is 3.56. The molecule has 0 bridgehead atoms. The van der Waals surface area contributed by atoms with Crippen molar-refractivity contribution in [2.24, 2.45) is 0 Å². The van der Waals surface area contributed by atoms with Gasteiger partial charge in [-0.25, -0.2) is 4.98 Å². The molecular weight excluding hydrogens is 254 g/mol. The number of rotatable bonds is 2. The third kappa shape index (κ3) is 2.42. The molecule has 1 saturated heterocycles. The SMILES string of the molecule is CC1OCCC1N(C)C(=O)c1cc(N)ncc1Cl. The summed E-state index contributed by atoms with van der Waals surface area (Å²) in [6.07, 6.45) is 2.27. The Kier molecular flexibility index (Phi) is 3.73. The minimum atomic E-state index is -0.156. The van der Waals surface area contributed by atoms with Crippen molar-refractivity contribution in [2.75, 3.05) is 19.4 Å². The van der Waals surface area contributed by atoms with Crippen LogP contribution in [0, 0.1) is 0 Å². The fourth-order valence-electron chi connectivity index (χ4n) is 2.19. The molecule has 2 N–H and O–H groups in total. The molecule has 2 rings (SSSR count). The zero-order valence-electron chi connectivity index (χ0n) is 10.4. The van der Waals surface area contributed by atoms with E-state index in [0.29, 0.717) is 17.2 Å². The lowest BCUT2D eigenvalue weighted by Gasteiger charge is -2.27. The number of ether oxygens (including phenoxy) is 1. The zero-order valence-corrected chi connectivity index (χ0v) is 11.1. The van der Waals surface area contributed by atoms with Crippen LogP contribution in [0.25, 0.3) is 0 Å². The van der Waals surface area contributed by atoms with Crippen molar-refractivity contribution in [3.63, 3.8) is 0 Å². The second kappa shape index (κ2) is 5.12. The van der Waals surface area contributed by atoms with Gasteiger partial charge in [-0.1, -0.05) is 11.6 Å².